The second-order valence-electron chi connectivity index (χ2n) is 4.31. The summed E-state index contributed by atoms with van der Waals surface area (Å²) >= 11 is 0. The zero-order chi connectivity index (χ0) is 11.5. The Morgan fingerprint density at radius 1 is 1.44 bits per heavy atom. The molecule has 2 rings (SSSR count). The minimum atomic E-state index is 0.347. The fourth-order valence-electron chi connectivity index (χ4n) is 2.18. The number of aromatic nitrogens is 1. The summed E-state index contributed by atoms with van der Waals surface area (Å²) in [6.07, 6.45) is 3.86. The molecule has 0 spiro atoms. The van der Waals surface area contributed by atoms with Gasteiger partial charge in [0.15, 0.2) is 0 Å². The van der Waals surface area contributed by atoms with Crippen LogP contribution in [0.1, 0.15) is 18.4 Å². The Hall–Kier alpha value is -1.29. The van der Waals surface area contributed by atoms with E-state index in [2.05, 4.69) is 16.8 Å². The maximum absolute atomic E-state index is 5.91. The molecule has 0 aromatic carbocycles. The number of hydrogen-bond acceptors (Lipinski definition) is 4. The average molecular weight is 221 g/mol. The molecular formula is C12H19N3O. The van der Waals surface area contributed by atoms with Crippen molar-refractivity contribution in [3.8, 4) is 5.88 Å². The van der Waals surface area contributed by atoms with Crippen LogP contribution >= 0.6 is 0 Å². The third-order valence-electron chi connectivity index (χ3n) is 3.14. The Morgan fingerprint density at radius 2 is 2.12 bits per heavy atom. The predicted molar refractivity (Wildman–Crippen MR) is 64.9 cm³/mol. The van der Waals surface area contributed by atoms with Gasteiger partial charge in [-0.15, -0.1) is 0 Å². The maximum atomic E-state index is 5.91. The smallest absolute Gasteiger partial charge is 0.237 e. The van der Waals surface area contributed by atoms with E-state index in [1.807, 2.05) is 6.07 Å². The van der Waals surface area contributed by atoms with E-state index in [9.17, 15) is 0 Å². The molecule has 0 unspecified atom stereocenters. The Bertz CT molecular complexity index is 359. The first-order valence-corrected chi connectivity index (χ1v) is 5.72. The van der Waals surface area contributed by atoms with Gasteiger partial charge in [0, 0.05) is 25.3 Å². The first-order chi connectivity index (χ1) is 7.72. The summed E-state index contributed by atoms with van der Waals surface area (Å²) < 4.78 is 5.32. The molecule has 16 heavy (non-hydrogen) atoms. The van der Waals surface area contributed by atoms with Crippen molar-refractivity contribution in [1.29, 1.82) is 0 Å². The molecule has 4 heteroatoms. The Labute approximate surface area is 96.4 Å². The largest absolute Gasteiger partial charge is 0.480 e. The normalized spacial score (nSPS) is 17.6. The van der Waals surface area contributed by atoms with Crippen molar-refractivity contribution in [2.45, 2.75) is 25.8 Å². The predicted octanol–water partition coefficient (Wildman–Crippen LogP) is 1.33. The summed E-state index contributed by atoms with van der Waals surface area (Å²) in [7, 11) is 1.67. The van der Waals surface area contributed by atoms with Crippen molar-refractivity contribution in [1.82, 2.24) is 4.98 Å². The van der Waals surface area contributed by atoms with Crippen molar-refractivity contribution >= 4 is 5.69 Å². The van der Waals surface area contributed by atoms with E-state index in [4.69, 9.17) is 10.5 Å². The number of anilines is 1. The number of aryl methyl sites for hydroxylation is 1. The van der Waals surface area contributed by atoms with Gasteiger partial charge in [0.1, 0.15) is 5.69 Å². The Balaban J connectivity index is 2.25. The summed E-state index contributed by atoms with van der Waals surface area (Å²) in [6.45, 7) is 4.07. The molecule has 1 saturated heterocycles. The summed E-state index contributed by atoms with van der Waals surface area (Å²) in [5.41, 5.74) is 8.24. The van der Waals surface area contributed by atoms with Crippen molar-refractivity contribution in [2.75, 3.05) is 25.1 Å². The van der Waals surface area contributed by atoms with Gasteiger partial charge < -0.3 is 15.4 Å². The minimum absolute atomic E-state index is 0.347. The lowest BCUT2D eigenvalue weighted by Gasteiger charge is -2.33. The van der Waals surface area contributed by atoms with Crippen LogP contribution in [0.2, 0.25) is 0 Å². The summed E-state index contributed by atoms with van der Waals surface area (Å²) in [4.78, 5) is 6.58. The maximum Gasteiger partial charge on any atom is 0.237 e. The quantitative estimate of drug-likeness (QED) is 0.818. The van der Waals surface area contributed by atoms with Crippen LogP contribution in [-0.4, -0.2) is 31.2 Å². The average Bonchev–Trinajstić information content (AvgIpc) is 2.30. The third-order valence-corrected chi connectivity index (χ3v) is 3.14. The van der Waals surface area contributed by atoms with Crippen molar-refractivity contribution < 1.29 is 4.74 Å². The highest BCUT2D eigenvalue weighted by molar-refractivity contribution is 5.60. The van der Waals surface area contributed by atoms with E-state index in [-0.39, 0.29) is 0 Å². The number of nitrogens with zero attached hydrogens (tertiary/aromatic N) is 2. The summed E-state index contributed by atoms with van der Waals surface area (Å²) in [5.74, 6) is 0.718. The van der Waals surface area contributed by atoms with Crippen LogP contribution in [0.15, 0.2) is 12.3 Å². The molecular weight excluding hydrogens is 202 g/mol. The molecule has 4 nitrogen and oxygen atoms in total. The highest BCUT2D eigenvalue weighted by Crippen LogP contribution is 2.31. The van der Waals surface area contributed by atoms with Gasteiger partial charge in [-0.2, -0.15) is 0 Å². The van der Waals surface area contributed by atoms with Gasteiger partial charge in [-0.05, 0) is 31.4 Å². The number of pyridine rings is 1. The van der Waals surface area contributed by atoms with Gasteiger partial charge >= 0.3 is 0 Å². The van der Waals surface area contributed by atoms with Crippen LogP contribution in [0, 0.1) is 6.92 Å². The molecule has 1 aromatic rings. The van der Waals surface area contributed by atoms with Gasteiger partial charge in [-0.3, -0.25) is 0 Å². The third kappa shape index (κ3) is 2.11. The van der Waals surface area contributed by atoms with E-state index < -0.39 is 0 Å². The standard InChI is InChI=1S/C12H19N3O/c1-9-3-6-14-12(16-2)11(9)15-7-4-10(13)5-8-15/h3,6,10H,4-5,7-8,13H2,1-2H3. The number of hydrogen-bond donors (Lipinski definition) is 1. The lowest BCUT2D eigenvalue weighted by atomic mass is 10.0. The lowest BCUT2D eigenvalue weighted by Crippen LogP contribution is -2.40. The van der Waals surface area contributed by atoms with Gasteiger partial charge in [0.05, 0.1) is 7.11 Å². The summed E-state index contributed by atoms with van der Waals surface area (Å²) in [6, 6.07) is 2.37. The van der Waals surface area contributed by atoms with Gasteiger partial charge in [0.25, 0.3) is 0 Å². The molecule has 0 bridgehead atoms. The van der Waals surface area contributed by atoms with Crippen LogP contribution in [0.4, 0.5) is 5.69 Å². The van der Waals surface area contributed by atoms with Crippen LogP contribution in [0.25, 0.3) is 0 Å². The molecule has 0 atom stereocenters. The van der Waals surface area contributed by atoms with Crippen LogP contribution in [0.5, 0.6) is 5.88 Å². The van der Waals surface area contributed by atoms with Crippen molar-refractivity contribution in [3.63, 3.8) is 0 Å². The number of ether oxygens (including phenoxy) is 1. The molecule has 1 aromatic heterocycles. The molecule has 88 valence electrons. The second kappa shape index (κ2) is 4.70. The Kier molecular flexibility index (Phi) is 3.29. The molecule has 1 aliphatic rings. The molecule has 1 fully saturated rings. The highest BCUT2D eigenvalue weighted by Gasteiger charge is 2.21. The zero-order valence-corrected chi connectivity index (χ0v) is 9.94. The molecule has 2 N–H and O–H groups in total. The molecule has 0 saturated carbocycles. The van der Waals surface area contributed by atoms with Crippen LogP contribution < -0.4 is 15.4 Å². The van der Waals surface area contributed by atoms with E-state index in [1.54, 1.807) is 13.3 Å². The molecule has 2 heterocycles. The Morgan fingerprint density at radius 3 is 2.75 bits per heavy atom. The summed E-state index contributed by atoms with van der Waals surface area (Å²) in [5, 5.41) is 0. The molecule has 1 aliphatic heterocycles. The number of nitrogens with two attached hydrogens (primary N) is 1. The second-order valence-corrected chi connectivity index (χ2v) is 4.31. The molecule has 0 amide bonds. The zero-order valence-electron chi connectivity index (χ0n) is 9.94. The first kappa shape index (κ1) is 11.2. The topological polar surface area (TPSA) is 51.4 Å². The first-order valence-electron chi connectivity index (χ1n) is 5.72. The van der Waals surface area contributed by atoms with Gasteiger partial charge in [0.2, 0.25) is 5.88 Å². The van der Waals surface area contributed by atoms with Crippen molar-refractivity contribution in [3.05, 3.63) is 17.8 Å². The van der Waals surface area contributed by atoms with Crippen LogP contribution in [-0.2, 0) is 0 Å². The molecule has 0 aliphatic carbocycles. The number of methoxy groups -OCH3 is 1. The van der Waals surface area contributed by atoms with Crippen molar-refractivity contribution in [2.24, 2.45) is 5.73 Å². The van der Waals surface area contributed by atoms with Gasteiger partial charge in [-0.25, -0.2) is 4.98 Å². The van der Waals surface area contributed by atoms with Crippen LogP contribution in [0.3, 0.4) is 0 Å². The SMILES string of the molecule is COc1nccc(C)c1N1CCC(N)CC1. The lowest BCUT2D eigenvalue weighted by molar-refractivity contribution is 0.394. The van der Waals surface area contributed by atoms with E-state index in [1.165, 1.54) is 5.56 Å². The fraction of sp³-hybridized carbons (Fsp3) is 0.583. The van der Waals surface area contributed by atoms with E-state index in [0.717, 1.165) is 37.5 Å². The monoisotopic (exact) mass is 221 g/mol. The highest BCUT2D eigenvalue weighted by atomic mass is 16.5. The minimum Gasteiger partial charge on any atom is -0.480 e. The van der Waals surface area contributed by atoms with Gasteiger partial charge in [-0.1, -0.05) is 0 Å². The molecule has 0 radical (unpaired) electrons. The fourth-order valence-corrected chi connectivity index (χ4v) is 2.18. The van der Waals surface area contributed by atoms with E-state index in [0.29, 0.717) is 6.04 Å². The number of piperidine rings is 1. The number of rotatable bonds is 2. The van der Waals surface area contributed by atoms with E-state index >= 15 is 0 Å².